The van der Waals surface area contributed by atoms with E-state index in [1.54, 1.807) is 0 Å². The van der Waals surface area contributed by atoms with Crippen LogP contribution in [0.5, 0.6) is 0 Å². The molecule has 1 nitrogen and oxygen atoms in total. The second-order valence-electron chi connectivity index (χ2n) is 4.33. The van der Waals surface area contributed by atoms with Gasteiger partial charge in [0.15, 0.2) is 0 Å². The van der Waals surface area contributed by atoms with Crippen molar-refractivity contribution in [3.63, 3.8) is 0 Å². The topological polar surface area (TPSA) is 12.9 Å². The van der Waals surface area contributed by atoms with Gasteiger partial charge in [-0.15, -0.1) is 6.58 Å². The van der Waals surface area contributed by atoms with Crippen LogP contribution in [0.2, 0.25) is 0 Å². The number of alkyl halides is 2. The van der Waals surface area contributed by atoms with Gasteiger partial charge in [-0.1, -0.05) is 44.0 Å². The molecule has 2 atom stereocenters. The van der Waals surface area contributed by atoms with Crippen LogP contribution in [-0.4, -0.2) is 9.31 Å². The minimum Gasteiger partial charge on any atom is -0.261 e. The highest BCUT2D eigenvalue weighted by Crippen LogP contribution is 2.49. The van der Waals surface area contributed by atoms with Crippen LogP contribution in [0.3, 0.4) is 0 Å². The van der Waals surface area contributed by atoms with E-state index < -0.39 is 0 Å². The lowest BCUT2D eigenvalue weighted by molar-refractivity contribution is 0.496. The Morgan fingerprint density at radius 1 is 1.53 bits per heavy atom. The molecule has 0 saturated heterocycles. The smallest absolute Gasteiger partial charge is 0.0714 e. The standard InChI is InChI=1S/C12H13Br2N/c1-3-12(14)8-11(2,13)7-10-9(12)5-4-6-15-10/h3-6H,1,7-8H2,2H3. The summed E-state index contributed by atoms with van der Waals surface area (Å²) in [6.45, 7) is 6.12. The molecule has 0 aliphatic heterocycles. The minimum absolute atomic E-state index is 0.0893. The Morgan fingerprint density at radius 2 is 2.27 bits per heavy atom. The van der Waals surface area contributed by atoms with E-state index >= 15 is 0 Å². The molecular weight excluding hydrogens is 318 g/mol. The molecule has 0 saturated carbocycles. The number of hydrogen-bond acceptors (Lipinski definition) is 1. The number of allylic oxidation sites excluding steroid dienone is 1. The summed E-state index contributed by atoms with van der Waals surface area (Å²) < 4.78 is -0.0564. The molecule has 2 unspecified atom stereocenters. The van der Waals surface area contributed by atoms with Crippen molar-refractivity contribution in [2.75, 3.05) is 0 Å². The van der Waals surface area contributed by atoms with E-state index in [1.807, 2.05) is 18.3 Å². The predicted octanol–water partition coefficient (Wildman–Crippen LogP) is 3.96. The zero-order valence-corrected chi connectivity index (χ0v) is 11.8. The molecule has 2 rings (SSSR count). The summed E-state index contributed by atoms with van der Waals surface area (Å²) in [5.74, 6) is 0. The van der Waals surface area contributed by atoms with Gasteiger partial charge in [-0.2, -0.15) is 0 Å². The third-order valence-corrected chi connectivity index (χ3v) is 4.42. The van der Waals surface area contributed by atoms with Gasteiger partial charge in [0.1, 0.15) is 0 Å². The molecule has 1 aromatic rings. The first-order valence-electron chi connectivity index (χ1n) is 4.93. The molecule has 1 aromatic heterocycles. The molecule has 15 heavy (non-hydrogen) atoms. The molecule has 0 spiro atoms. The van der Waals surface area contributed by atoms with E-state index in [1.165, 1.54) is 5.56 Å². The maximum Gasteiger partial charge on any atom is 0.0714 e. The highest BCUT2D eigenvalue weighted by atomic mass is 79.9. The van der Waals surface area contributed by atoms with Crippen molar-refractivity contribution < 1.29 is 0 Å². The Hall–Kier alpha value is -0.150. The van der Waals surface area contributed by atoms with Crippen LogP contribution in [0.25, 0.3) is 0 Å². The largest absolute Gasteiger partial charge is 0.261 e. The first kappa shape index (κ1) is 11.3. The van der Waals surface area contributed by atoms with Gasteiger partial charge in [-0.25, -0.2) is 0 Å². The Morgan fingerprint density at radius 3 is 2.93 bits per heavy atom. The second kappa shape index (κ2) is 3.70. The van der Waals surface area contributed by atoms with Gasteiger partial charge in [0.25, 0.3) is 0 Å². The fourth-order valence-corrected chi connectivity index (χ4v) is 4.25. The van der Waals surface area contributed by atoms with E-state index in [9.17, 15) is 0 Å². The van der Waals surface area contributed by atoms with Crippen LogP contribution < -0.4 is 0 Å². The maximum atomic E-state index is 4.45. The molecule has 1 aliphatic rings. The van der Waals surface area contributed by atoms with E-state index in [4.69, 9.17) is 0 Å². The van der Waals surface area contributed by atoms with Crippen LogP contribution in [-0.2, 0) is 10.7 Å². The van der Waals surface area contributed by atoms with Crippen LogP contribution in [0, 0.1) is 0 Å². The quantitative estimate of drug-likeness (QED) is 0.561. The number of pyridine rings is 1. The number of aromatic nitrogens is 1. The average Bonchev–Trinajstić information content (AvgIpc) is 2.16. The average molecular weight is 331 g/mol. The summed E-state index contributed by atoms with van der Waals surface area (Å²) >= 11 is 7.54. The van der Waals surface area contributed by atoms with Gasteiger partial charge in [0.2, 0.25) is 0 Å². The number of rotatable bonds is 1. The van der Waals surface area contributed by atoms with Gasteiger partial charge >= 0.3 is 0 Å². The van der Waals surface area contributed by atoms with Gasteiger partial charge in [-0.05, 0) is 25.0 Å². The SMILES string of the molecule is C=CC1(Br)CC(C)(Br)Cc2ncccc21. The Kier molecular flexibility index (Phi) is 2.80. The summed E-state index contributed by atoms with van der Waals surface area (Å²) in [5.41, 5.74) is 2.40. The number of nitrogens with zero attached hydrogens (tertiary/aromatic N) is 1. The third-order valence-electron chi connectivity index (χ3n) is 2.82. The monoisotopic (exact) mass is 329 g/mol. The molecule has 0 aromatic carbocycles. The van der Waals surface area contributed by atoms with Gasteiger partial charge in [0.05, 0.1) is 4.32 Å². The molecule has 80 valence electrons. The van der Waals surface area contributed by atoms with Crippen LogP contribution in [0.1, 0.15) is 24.6 Å². The summed E-state index contributed by atoms with van der Waals surface area (Å²) in [6.07, 6.45) is 5.77. The van der Waals surface area contributed by atoms with Crippen LogP contribution >= 0.6 is 31.9 Å². The third kappa shape index (κ3) is 2.04. The fraction of sp³-hybridized carbons (Fsp3) is 0.417. The molecule has 3 heteroatoms. The first-order chi connectivity index (χ1) is 6.97. The van der Waals surface area contributed by atoms with E-state index in [0.29, 0.717) is 0 Å². The Bertz CT molecular complexity index is 400. The molecule has 0 amide bonds. The van der Waals surface area contributed by atoms with Crippen LogP contribution in [0.15, 0.2) is 31.0 Å². The zero-order chi connectivity index (χ0) is 11.1. The van der Waals surface area contributed by atoms with Gasteiger partial charge < -0.3 is 0 Å². The number of hydrogen-bond donors (Lipinski definition) is 0. The summed E-state index contributed by atoms with van der Waals surface area (Å²) in [5, 5.41) is 0. The van der Waals surface area contributed by atoms with Crippen molar-refractivity contribution in [2.24, 2.45) is 0 Å². The normalized spacial score (nSPS) is 34.6. The fourth-order valence-electron chi connectivity index (χ4n) is 2.18. The molecular formula is C12H13Br2N. The van der Waals surface area contributed by atoms with Crippen molar-refractivity contribution >= 4 is 31.9 Å². The van der Waals surface area contributed by atoms with Crippen molar-refractivity contribution in [2.45, 2.75) is 28.4 Å². The second-order valence-corrected chi connectivity index (χ2v) is 7.66. The molecule has 1 heterocycles. The lowest BCUT2D eigenvalue weighted by Gasteiger charge is -2.39. The lowest BCUT2D eigenvalue weighted by atomic mass is 9.79. The number of halogens is 2. The summed E-state index contributed by atoms with van der Waals surface area (Å²) in [7, 11) is 0. The molecule has 0 radical (unpaired) electrons. The summed E-state index contributed by atoms with van der Waals surface area (Å²) in [4.78, 5) is 4.45. The summed E-state index contributed by atoms with van der Waals surface area (Å²) in [6, 6.07) is 4.11. The lowest BCUT2D eigenvalue weighted by Crippen LogP contribution is -2.36. The van der Waals surface area contributed by atoms with E-state index in [0.717, 1.165) is 18.5 Å². The van der Waals surface area contributed by atoms with Gasteiger partial charge in [0, 0.05) is 22.6 Å². The molecule has 0 N–H and O–H groups in total. The highest BCUT2D eigenvalue weighted by Gasteiger charge is 2.41. The molecule has 1 aliphatic carbocycles. The van der Waals surface area contributed by atoms with Crippen molar-refractivity contribution in [1.29, 1.82) is 0 Å². The maximum absolute atomic E-state index is 4.45. The van der Waals surface area contributed by atoms with E-state index in [2.05, 4.69) is 56.4 Å². The predicted molar refractivity (Wildman–Crippen MR) is 70.7 cm³/mol. The zero-order valence-electron chi connectivity index (χ0n) is 8.63. The van der Waals surface area contributed by atoms with Gasteiger partial charge in [-0.3, -0.25) is 4.98 Å². The van der Waals surface area contributed by atoms with E-state index in [-0.39, 0.29) is 8.65 Å². The van der Waals surface area contributed by atoms with Crippen molar-refractivity contribution in [3.05, 3.63) is 42.2 Å². The Balaban J connectivity index is 2.57. The first-order valence-corrected chi connectivity index (χ1v) is 6.51. The highest BCUT2D eigenvalue weighted by molar-refractivity contribution is 9.10. The molecule has 0 fully saturated rings. The minimum atomic E-state index is -0.146. The Labute approximate surface area is 107 Å². The van der Waals surface area contributed by atoms with Crippen molar-refractivity contribution in [1.82, 2.24) is 4.98 Å². The van der Waals surface area contributed by atoms with Crippen LogP contribution in [0.4, 0.5) is 0 Å². The van der Waals surface area contributed by atoms with Crippen molar-refractivity contribution in [3.8, 4) is 0 Å². The molecule has 0 bridgehead atoms. The number of fused-ring (bicyclic) bond motifs is 1.